The van der Waals surface area contributed by atoms with Crippen LogP contribution < -0.4 is 10.6 Å². The Bertz CT molecular complexity index is 920. The molecule has 0 saturated carbocycles. The van der Waals surface area contributed by atoms with Crippen LogP contribution in [0.4, 0.5) is 4.79 Å². The quantitative estimate of drug-likeness (QED) is 0.462. The Balaban J connectivity index is 1.47. The predicted octanol–water partition coefficient (Wildman–Crippen LogP) is 4.39. The monoisotopic (exact) mass is 394 g/mol. The molecule has 0 aliphatic rings. The van der Waals surface area contributed by atoms with Gasteiger partial charge >= 0.3 is 6.03 Å². The first-order valence-corrected chi connectivity index (χ1v) is 10.3. The van der Waals surface area contributed by atoms with Crippen molar-refractivity contribution in [1.82, 2.24) is 20.4 Å². The highest BCUT2D eigenvalue weighted by Crippen LogP contribution is 2.18. The number of nitrogens with zero attached hydrogens (tertiary/aromatic N) is 2. The van der Waals surface area contributed by atoms with Gasteiger partial charge in [0.2, 0.25) is 0 Å². The van der Waals surface area contributed by atoms with Gasteiger partial charge in [-0.25, -0.2) is 9.48 Å². The second-order valence-corrected chi connectivity index (χ2v) is 7.84. The van der Waals surface area contributed by atoms with E-state index in [1.807, 2.05) is 48.9 Å². The highest BCUT2D eigenvalue weighted by molar-refractivity contribution is 7.99. The first kappa shape index (κ1) is 20.0. The molecule has 3 aromatic rings. The third kappa shape index (κ3) is 5.16. The maximum absolute atomic E-state index is 12.1. The number of carbonyl (C=O) groups is 1. The summed E-state index contributed by atoms with van der Waals surface area (Å²) in [5, 5.41) is 10.5. The fourth-order valence-corrected chi connectivity index (χ4v) is 3.72. The zero-order chi connectivity index (χ0) is 19.9. The summed E-state index contributed by atoms with van der Waals surface area (Å²) < 4.78 is 1.92. The topological polar surface area (TPSA) is 59.0 Å². The Hall–Kier alpha value is -2.73. The minimum absolute atomic E-state index is 0.157. The van der Waals surface area contributed by atoms with Gasteiger partial charge in [-0.2, -0.15) is 5.10 Å². The number of aromatic nitrogens is 2. The molecule has 2 aromatic carbocycles. The molecule has 5 nitrogen and oxygen atoms in total. The summed E-state index contributed by atoms with van der Waals surface area (Å²) in [6.07, 6.45) is 0. The number of nitrogens with one attached hydrogen (secondary N) is 2. The van der Waals surface area contributed by atoms with Crippen molar-refractivity contribution < 1.29 is 4.79 Å². The highest BCUT2D eigenvalue weighted by atomic mass is 32.2. The van der Waals surface area contributed by atoms with Crippen molar-refractivity contribution in [3.8, 4) is 5.69 Å². The maximum atomic E-state index is 12.1. The maximum Gasteiger partial charge on any atom is 0.315 e. The highest BCUT2D eigenvalue weighted by Gasteiger charge is 2.13. The fraction of sp³-hybridized carbons (Fsp3) is 0.273. The van der Waals surface area contributed by atoms with Crippen LogP contribution in [-0.2, 0) is 6.54 Å². The predicted molar refractivity (Wildman–Crippen MR) is 115 cm³/mol. The van der Waals surface area contributed by atoms with Crippen LogP contribution in [0.5, 0.6) is 0 Å². The number of aryl methyl sites for hydroxylation is 2. The molecule has 2 amide bonds. The number of para-hydroxylation sites is 1. The van der Waals surface area contributed by atoms with Crippen LogP contribution in [-0.4, -0.2) is 28.1 Å². The van der Waals surface area contributed by atoms with Crippen LogP contribution in [0.2, 0.25) is 0 Å². The lowest BCUT2D eigenvalue weighted by Crippen LogP contribution is -2.36. The smallest absolute Gasteiger partial charge is 0.315 e. The summed E-state index contributed by atoms with van der Waals surface area (Å²) in [7, 11) is 0. The molecule has 0 bridgehead atoms. The van der Waals surface area contributed by atoms with Crippen LogP contribution >= 0.6 is 11.8 Å². The minimum Gasteiger partial charge on any atom is -0.337 e. The third-order valence-electron chi connectivity index (χ3n) is 4.54. The van der Waals surface area contributed by atoms with E-state index in [0.29, 0.717) is 13.1 Å². The molecule has 28 heavy (non-hydrogen) atoms. The van der Waals surface area contributed by atoms with Crippen molar-refractivity contribution in [1.29, 1.82) is 0 Å². The number of hydrogen-bond donors (Lipinski definition) is 2. The lowest BCUT2D eigenvalue weighted by atomic mass is 10.2. The fourth-order valence-electron chi connectivity index (χ4n) is 2.95. The summed E-state index contributed by atoms with van der Waals surface area (Å²) in [4.78, 5) is 13.3. The number of hydrogen-bond acceptors (Lipinski definition) is 3. The molecule has 0 aliphatic heterocycles. The normalized spacial score (nSPS) is 10.7. The Morgan fingerprint density at radius 3 is 2.43 bits per heavy atom. The van der Waals surface area contributed by atoms with E-state index in [0.717, 1.165) is 28.4 Å². The summed E-state index contributed by atoms with van der Waals surface area (Å²) >= 11 is 1.74. The zero-order valence-corrected chi connectivity index (χ0v) is 17.3. The molecule has 0 unspecified atom stereocenters. The van der Waals surface area contributed by atoms with E-state index < -0.39 is 0 Å². The van der Waals surface area contributed by atoms with Crippen molar-refractivity contribution in [3.05, 3.63) is 77.1 Å². The SMILES string of the molecule is Cc1ccc(SCCNC(=O)NCc2c(C)nn(-c3ccccc3)c2C)cc1. The van der Waals surface area contributed by atoms with E-state index in [1.165, 1.54) is 10.5 Å². The second kappa shape index (κ2) is 9.46. The first-order chi connectivity index (χ1) is 13.5. The molecule has 2 N–H and O–H groups in total. The number of rotatable bonds is 7. The molecule has 0 aliphatic carbocycles. The molecule has 6 heteroatoms. The lowest BCUT2D eigenvalue weighted by molar-refractivity contribution is 0.241. The van der Waals surface area contributed by atoms with Gasteiger partial charge in [0.1, 0.15) is 0 Å². The zero-order valence-electron chi connectivity index (χ0n) is 16.5. The van der Waals surface area contributed by atoms with Gasteiger partial charge < -0.3 is 10.6 Å². The van der Waals surface area contributed by atoms with Crippen LogP contribution in [0.3, 0.4) is 0 Å². The Morgan fingerprint density at radius 1 is 1.00 bits per heavy atom. The van der Waals surface area contributed by atoms with Crippen LogP contribution in [0.1, 0.15) is 22.5 Å². The van der Waals surface area contributed by atoms with Crippen LogP contribution in [0.25, 0.3) is 5.69 Å². The van der Waals surface area contributed by atoms with E-state index >= 15 is 0 Å². The van der Waals surface area contributed by atoms with Gasteiger partial charge in [-0.05, 0) is 45.0 Å². The van der Waals surface area contributed by atoms with Gasteiger partial charge in [0.15, 0.2) is 0 Å². The van der Waals surface area contributed by atoms with Gasteiger partial charge in [-0.3, -0.25) is 0 Å². The van der Waals surface area contributed by atoms with Gasteiger partial charge in [-0.1, -0.05) is 35.9 Å². The van der Waals surface area contributed by atoms with Crippen molar-refractivity contribution in [3.63, 3.8) is 0 Å². The molecule has 0 fully saturated rings. The molecule has 1 heterocycles. The molecule has 3 rings (SSSR count). The van der Waals surface area contributed by atoms with E-state index in [9.17, 15) is 4.79 Å². The summed E-state index contributed by atoms with van der Waals surface area (Å²) in [5.74, 6) is 0.834. The Morgan fingerprint density at radius 2 is 1.71 bits per heavy atom. The van der Waals surface area contributed by atoms with Crippen molar-refractivity contribution in [2.45, 2.75) is 32.2 Å². The van der Waals surface area contributed by atoms with Gasteiger partial charge in [0.05, 0.1) is 11.4 Å². The third-order valence-corrected chi connectivity index (χ3v) is 5.56. The summed E-state index contributed by atoms with van der Waals surface area (Å²) in [6.45, 7) is 7.15. The average molecular weight is 395 g/mol. The summed E-state index contributed by atoms with van der Waals surface area (Å²) in [5.41, 5.74) is 5.29. The largest absolute Gasteiger partial charge is 0.337 e. The average Bonchev–Trinajstić information content (AvgIpc) is 2.99. The van der Waals surface area contributed by atoms with Crippen molar-refractivity contribution >= 4 is 17.8 Å². The molecular weight excluding hydrogens is 368 g/mol. The molecule has 0 radical (unpaired) electrons. The van der Waals surface area contributed by atoms with E-state index in [4.69, 9.17) is 0 Å². The number of amides is 2. The van der Waals surface area contributed by atoms with Gasteiger partial charge in [-0.15, -0.1) is 11.8 Å². The number of benzene rings is 2. The minimum atomic E-state index is -0.157. The van der Waals surface area contributed by atoms with Crippen LogP contribution in [0.15, 0.2) is 59.5 Å². The van der Waals surface area contributed by atoms with Crippen molar-refractivity contribution in [2.24, 2.45) is 0 Å². The molecular formula is C22H26N4OS. The Labute approximate surface area is 170 Å². The van der Waals surface area contributed by atoms with Crippen molar-refractivity contribution in [2.75, 3.05) is 12.3 Å². The van der Waals surface area contributed by atoms with Gasteiger partial charge in [0.25, 0.3) is 0 Å². The van der Waals surface area contributed by atoms with Gasteiger partial charge in [0, 0.05) is 35.0 Å². The first-order valence-electron chi connectivity index (χ1n) is 9.36. The number of thioether (sulfide) groups is 1. The standard InChI is InChI=1S/C22H26N4OS/c1-16-9-11-20(12-10-16)28-14-13-23-22(27)24-15-21-17(2)25-26(18(21)3)19-7-5-4-6-8-19/h4-12H,13-15H2,1-3H3,(H2,23,24,27). The van der Waals surface area contributed by atoms with E-state index in [2.05, 4.69) is 46.9 Å². The lowest BCUT2D eigenvalue weighted by Gasteiger charge is -2.09. The molecule has 146 valence electrons. The van der Waals surface area contributed by atoms with E-state index in [1.54, 1.807) is 11.8 Å². The molecule has 0 saturated heterocycles. The van der Waals surface area contributed by atoms with E-state index in [-0.39, 0.29) is 6.03 Å². The number of carbonyl (C=O) groups excluding carboxylic acids is 1. The van der Waals surface area contributed by atoms with Crippen LogP contribution in [0, 0.1) is 20.8 Å². The summed E-state index contributed by atoms with van der Waals surface area (Å²) in [6, 6.07) is 18.3. The number of urea groups is 1. The molecule has 0 atom stereocenters. The Kier molecular flexibility index (Phi) is 6.76. The second-order valence-electron chi connectivity index (χ2n) is 6.67. The molecule has 0 spiro atoms. The molecule has 1 aromatic heterocycles.